The van der Waals surface area contributed by atoms with E-state index < -0.39 is 10.0 Å². The second-order valence-corrected chi connectivity index (χ2v) is 9.42. The van der Waals surface area contributed by atoms with Crippen LogP contribution in [0.5, 0.6) is 0 Å². The van der Waals surface area contributed by atoms with Crippen molar-refractivity contribution in [2.75, 3.05) is 24.5 Å². The molecule has 0 aromatic heterocycles. The summed E-state index contributed by atoms with van der Waals surface area (Å²) in [6, 6.07) is 13.9. The van der Waals surface area contributed by atoms with Gasteiger partial charge in [-0.05, 0) is 50.1 Å². The van der Waals surface area contributed by atoms with Gasteiger partial charge in [-0.2, -0.15) is 4.31 Å². The van der Waals surface area contributed by atoms with Gasteiger partial charge in [0.25, 0.3) is 0 Å². The summed E-state index contributed by atoms with van der Waals surface area (Å²) in [5.74, 6) is -0.173. The van der Waals surface area contributed by atoms with Crippen molar-refractivity contribution in [2.24, 2.45) is 5.92 Å². The van der Waals surface area contributed by atoms with E-state index in [1.165, 1.54) is 16.4 Å². The maximum absolute atomic E-state index is 13.0. The monoisotopic (exact) mass is 440 g/mol. The average Bonchev–Trinajstić information content (AvgIpc) is 2.71. The first-order valence-electron chi connectivity index (χ1n) is 9.16. The number of hydrogen-bond donors (Lipinski definition) is 0. The van der Waals surface area contributed by atoms with E-state index in [-0.39, 0.29) is 34.8 Å². The van der Waals surface area contributed by atoms with Gasteiger partial charge in [-0.25, -0.2) is 8.42 Å². The Balaban J connectivity index is 1.71. The molecule has 1 saturated heterocycles. The molecule has 28 heavy (non-hydrogen) atoms. The molecule has 0 N–H and O–H groups in total. The van der Waals surface area contributed by atoms with Gasteiger partial charge in [0.15, 0.2) is 0 Å². The highest BCUT2D eigenvalue weighted by Crippen LogP contribution is 2.31. The molecule has 1 heterocycles. The lowest BCUT2D eigenvalue weighted by Gasteiger charge is -2.33. The van der Waals surface area contributed by atoms with Crippen molar-refractivity contribution >= 4 is 44.8 Å². The van der Waals surface area contributed by atoms with Crippen molar-refractivity contribution in [3.05, 3.63) is 58.6 Å². The van der Waals surface area contributed by atoms with Gasteiger partial charge in [0.1, 0.15) is 4.90 Å². The van der Waals surface area contributed by atoms with E-state index in [1.54, 1.807) is 11.0 Å². The zero-order valence-corrected chi connectivity index (χ0v) is 17.8. The number of rotatable bonds is 5. The molecule has 0 atom stereocenters. The van der Waals surface area contributed by atoms with Gasteiger partial charge in [-0.3, -0.25) is 4.79 Å². The maximum Gasteiger partial charge on any atom is 0.244 e. The average molecular weight is 441 g/mol. The lowest BCUT2D eigenvalue weighted by atomic mass is 9.96. The summed E-state index contributed by atoms with van der Waals surface area (Å²) in [5.41, 5.74) is 0.857. The summed E-state index contributed by atoms with van der Waals surface area (Å²) in [6.45, 7) is 3.05. The molecular weight excluding hydrogens is 419 g/mol. The molecule has 0 bridgehead atoms. The van der Waals surface area contributed by atoms with Gasteiger partial charge >= 0.3 is 0 Å². The first-order valence-corrected chi connectivity index (χ1v) is 11.4. The first kappa shape index (κ1) is 21.1. The van der Waals surface area contributed by atoms with Crippen molar-refractivity contribution < 1.29 is 13.2 Å². The molecule has 5 nitrogen and oxygen atoms in total. The number of anilines is 1. The van der Waals surface area contributed by atoms with Crippen LogP contribution in [0.25, 0.3) is 0 Å². The van der Waals surface area contributed by atoms with Crippen LogP contribution in [0.1, 0.15) is 19.8 Å². The molecule has 150 valence electrons. The summed E-state index contributed by atoms with van der Waals surface area (Å²) in [5, 5.41) is 0.457. The third-order valence-corrected chi connectivity index (χ3v) is 7.58. The van der Waals surface area contributed by atoms with Crippen LogP contribution >= 0.6 is 23.2 Å². The molecule has 0 saturated carbocycles. The van der Waals surface area contributed by atoms with Gasteiger partial charge in [0.2, 0.25) is 15.9 Å². The van der Waals surface area contributed by atoms with Gasteiger partial charge in [0, 0.05) is 36.3 Å². The maximum atomic E-state index is 13.0. The lowest BCUT2D eigenvalue weighted by Crippen LogP contribution is -2.44. The third kappa shape index (κ3) is 4.35. The second-order valence-electron chi connectivity index (χ2n) is 6.67. The van der Waals surface area contributed by atoms with Gasteiger partial charge in [0.05, 0.1) is 5.02 Å². The Morgan fingerprint density at radius 1 is 1.11 bits per heavy atom. The van der Waals surface area contributed by atoms with Crippen molar-refractivity contribution in [3.8, 4) is 0 Å². The van der Waals surface area contributed by atoms with E-state index in [0.717, 1.165) is 5.69 Å². The predicted molar refractivity (Wildman–Crippen MR) is 112 cm³/mol. The molecule has 1 fully saturated rings. The summed E-state index contributed by atoms with van der Waals surface area (Å²) < 4.78 is 27.3. The number of carbonyl (C=O) groups excluding carboxylic acids is 1. The van der Waals surface area contributed by atoms with Crippen LogP contribution in [-0.2, 0) is 14.8 Å². The number of para-hydroxylation sites is 1. The highest BCUT2D eigenvalue weighted by molar-refractivity contribution is 7.89. The van der Waals surface area contributed by atoms with Crippen LogP contribution in [0.4, 0.5) is 5.69 Å². The number of hydrogen-bond acceptors (Lipinski definition) is 3. The fraction of sp³-hybridized carbons (Fsp3) is 0.350. The summed E-state index contributed by atoms with van der Waals surface area (Å²) in [6.07, 6.45) is 0.944. The predicted octanol–water partition coefficient (Wildman–Crippen LogP) is 4.45. The van der Waals surface area contributed by atoms with Crippen molar-refractivity contribution in [1.29, 1.82) is 0 Å². The minimum atomic E-state index is -3.75. The molecule has 2 aromatic carbocycles. The SMILES string of the molecule is CCN(C(=O)C1CCN(S(=O)(=O)c2cc(Cl)ccc2Cl)CC1)c1ccccc1. The van der Waals surface area contributed by atoms with Crippen molar-refractivity contribution in [2.45, 2.75) is 24.7 Å². The molecular formula is C20H22Cl2N2O3S. The number of amides is 1. The van der Waals surface area contributed by atoms with Crippen molar-refractivity contribution in [1.82, 2.24) is 4.31 Å². The molecule has 0 spiro atoms. The number of halogens is 2. The zero-order valence-electron chi connectivity index (χ0n) is 15.5. The third-order valence-electron chi connectivity index (χ3n) is 4.96. The van der Waals surface area contributed by atoms with Crippen LogP contribution in [0.2, 0.25) is 10.0 Å². The topological polar surface area (TPSA) is 57.7 Å². The van der Waals surface area contributed by atoms with Crippen molar-refractivity contribution in [3.63, 3.8) is 0 Å². The fourth-order valence-corrected chi connectivity index (χ4v) is 5.66. The van der Waals surface area contributed by atoms with E-state index >= 15 is 0 Å². The van der Waals surface area contributed by atoms with E-state index in [9.17, 15) is 13.2 Å². The number of nitrogens with zero attached hydrogens (tertiary/aromatic N) is 2. The number of sulfonamides is 1. The largest absolute Gasteiger partial charge is 0.312 e. The molecule has 0 aliphatic carbocycles. The Labute approximate surface area is 175 Å². The molecule has 0 unspecified atom stereocenters. The minimum absolute atomic E-state index is 0.00548. The summed E-state index contributed by atoms with van der Waals surface area (Å²) >= 11 is 12.0. The highest BCUT2D eigenvalue weighted by Gasteiger charge is 2.34. The normalized spacial score (nSPS) is 16.1. The number of benzene rings is 2. The summed E-state index contributed by atoms with van der Waals surface area (Å²) in [7, 11) is -3.75. The fourth-order valence-electron chi connectivity index (χ4n) is 3.45. The Morgan fingerprint density at radius 2 is 1.75 bits per heavy atom. The lowest BCUT2D eigenvalue weighted by molar-refractivity contribution is -0.123. The summed E-state index contributed by atoms with van der Waals surface area (Å²) in [4.78, 5) is 14.7. The van der Waals surface area contributed by atoms with E-state index in [1.807, 2.05) is 37.3 Å². The number of piperidine rings is 1. The standard InChI is InChI=1S/C20H22Cl2N2O3S/c1-2-24(17-6-4-3-5-7-17)20(25)15-10-12-23(13-11-15)28(26,27)19-14-16(21)8-9-18(19)22/h3-9,14-15H,2,10-13H2,1H3. The highest BCUT2D eigenvalue weighted by atomic mass is 35.5. The van der Waals surface area contributed by atoms with Gasteiger partial charge < -0.3 is 4.90 Å². The molecule has 2 aromatic rings. The minimum Gasteiger partial charge on any atom is -0.312 e. The van der Waals surface area contributed by atoms with Gasteiger partial charge in [-0.1, -0.05) is 41.4 Å². The van der Waals surface area contributed by atoms with E-state index in [2.05, 4.69) is 0 Å². The van der Waals surface area contributed by atoms with Crippen LogP contribution in [0.15, 0.2) is 53.4 Å². The molecule has 0 radical (unpaired) electrons. The van der Waals surface area contributed by atoms with Gasteiger partial charge in [-0.15, -0.1) is 0 Å². The Morgan fingerprint density at radius 3 is 2.36 bits per heavy atom. The Hall–Kier alpha value is -1.60. The zero-order chi connectivity index (χ0) is 20.3. The molecule has 1 amide bonds. The second kappa shape index (κ2) is 8.82. The quantitative estimate of drug-likeness (QED) is 0.689. The van der Waals surface area contributed by atoms with Crippen LogP contribution in [0, 0.1) is 5.92 Å². The van der Waals surface area contributed by atoms with Crippen LogP contribution in [0.3, 0.4) is 0 Å². The van der Waals surface area contributed by atoms with Crippen LogP contribution < -0.4 is 4.90 Å². The molecule has 3 rings (SSSR count). The Kier molecular flexibility index (Phi) is 6.65. The van der Waals surface area contributed by atoms with E-state index in [4.69, 9.17) is 23.2 Å². The van der Waals surface area contributed by atoms with Crippen LogP contribution in [-0.4, -0.2) is 38.3 Å². The first-order chi connectivity index (χ1) is 13.3. The Bertz CT molecular complexity index is 943. The molecule has 1 aliphatic heterocycles. The number of carbonyl (C=O) groups is 1. The smallest absolute Gasteiger partial charge is 0.244 e. The van der Waals surface area contributed by atoms with E-state index in [0.29, 0.717) is 24.4 Å². The molecule has 1 aliphatic rings. The molecule has 8 heteroatoms.